The zero-order valence-electron chi connectivity index (χ0n) is 12.4. The maximum absolute atomic E-state index is 13.3. The molecule has 0 saturated carbocycles. The summed E-state index contributed by atoms with van der Waals surface area (Å²) in [6.07, 6.45) is 2.53. The average molecular weight is 402 g/mol. The molecular weight excluding hydrogens is 387 g/mol. The Labute approximate surface area is 146 Å². The lowest BCUT2D eigenvalue weighted by Crippen LogP contribution is -2.28. The molecule has 1 N–H and O–H groups in total. The molecule has 0 radical (unpaired) electrons. The first-order chi connectivity index (χ1) is 11.0. The van der Waals surface area contributed by atoms with E-state index in [0.717, 1.165) is 25.2 Å². The minimum atomic E-state index is -0.417. The van der Waals surface area contributed by atoms with Gasteiger partial charge in [-0.15, -0.1) is 0 Å². The predicted octanol–water partition coefficient (Wildman–Crippen LogP) is 3.03. The number of anilines is 2. The van der Waals surface area contributed by atoms with E-state index in [2.05, 4.69) is 31.2 Å². The molecule has 1 aliphatic rings. The number of benzene rings is 1. The van der Waals surface area contributed by atoms with Crippen molar-refractivity contribution in [3.05, 3.63) is 50.1 Å². The molecule has 1 saturated heterocycles. The van der Waals surface area contributed by atoms with E-state index >= 15 is 0 Å². The van der Waals surface area contributed by atoms with Gasteiger partial charge in [0.05, 0.1) is 16.9 Å². The molecule has 0 amide bonds. The van der Waals surface area contributed by atoms with E-state index in [9.17, 15) is 9.18 Å². The summed E-state index contributed by atoms with van der Waals surface area (Å²) >= 11 is 9.15. The molecule has 122 valence electrons. The summed E-state index contributed by atoms with van der Waals surface area (Å²) in [5.41, 5.74) is 1.38. The molecule has 1 aliphatic heterocycles. The second-order valence-electron chi connectivity index (χ2n) is 5.48. The maximum atomic E-state index is 13.3. The highest BCUT2D eigenvalue weighted by molar-refractivity contribution is 9.10. The number of nitrogens with zero attached hydrogens (tertiary/aromatic N) is 3. The van der Waals surface area contributed by atoms with Crippen molar-refractivity contribution >= 4 is 38.9 Å². The molecule has 2 aromatic rings. The Kier molecular flexibility index (Phi) is 4.59. The third kappa shape index (κ3) is 3.35. The fourth-order valence-corrected chi connectivity index (χ4v) is 3.27. The minimum Gasteiger partial charge on any atom is -0.378 e. The Bertz CT molecular complexity index is 798. The van der Waals surface area contributed by atoms with Crippen molar-refractivity contribution in [2.75, 3.05) is 23.3 Å². The van der Waals surface area contributed by atoms with E-state index in [0.29, 0.717) is 10.2 Å². The highest BCUT2D eigenvalue weighted by Gasteiger charge is 2.24. The first kappa shape index (κ1) is 16.3. The zero-order valence-corrected chi connectivity index (χ0v) is 14.7. The van der Waals surface area contributed by atoms with Crippen LogP contribution in [0.2, 0.25) is 5.02 Å². The van der Waals surface area contributed by atoms with Crippen LogP contribution in [0.4, 0.5) is 15.8 Å². The van der Waals surface area contributed by atoms with Gasteiger partial charge in [-0.3, -0.25) is 4.79 Å². The Balaban J connectivity index is 1.72. The van der Waals surface area contributed by atoms with Crippen molar-refractivity contribution in [1.29, 1.82) is 0 Å². The van der Waals surface area contributed by atoms with Gasteiger partial charge in [0, 0.05) is 31.9 Å². The molecule has 8 heteroatoms. The number of hydrogen-bond acceptors (Lipinski definition) is 4. The number of rotatable bonds is 3. The average Bonchev–Trinajstić information content (AvgIpc) is 2.99. The number of halogens is 3. The van der Waals surface area contributed by atoms with Crippen molar-refractivity contribution in [3.8, 4) is 0 Å². The molecule has 1 fully saturated rings. The Hall–Kier alpha value is -1.60. The van der Waals surface area contributed by atoms with Gasteiger partial charge < -0.3 is 10.2 Å². The van der Waals surface area contributed by atoms with E-state index in [-0.39, 0.29) is 16.6 Å². The Morgan fingerprint density at radius 3 is 3.00 bits per heavy atom. The fourth-order valence-electron chi connectivity index (χ4n) is 2.63. The fraction of sp³-hybridized carbons (Fsp3) is 0.333. The second-order valence-corrected chi connectivity index (χ2v) is 6.68. The van der Waals surface area contributed by atoms with Gasteiger partial charge in [-0.1, -0.05) is 11.6 Å². The summed E-state index contributed by atoms with van der Waals surface area (Å²) in [6, 6.07) is 4.90. The molecule has 1 atom stereocenters. The first-order valence-corrected chi connectivity index (χ1v) is 8.31. The summed E-state index contributed by atoms with van der Waals surface area (Å²) in [5, 5.41) is 7.47. The number of aryl methyl sites for hydroxylation is 1. The SMILES string of the molecule is Cn1ncc(NC2CCN(c3ccc(F)c(Cl)c3)C2)c(Br)c1=O. The number of nitrogens with one attached hydrogen (secondary N) is 1. The van der Waals surface area contributed by atoms with Crippen LogP contribution >= 0.6 is 27.5 Å². The van der Waals surface area contributed by atoms with Gasteiger partial charge in [-0.2, -0.15) is 5.10 Å². The van der Waals surface area contributed by atoms with Crippen molar-refractivity contribution in [3.63, 3.8) is 0 Å². The lowest BCUT2D eigenvalue weighted by atomic mass is 10.2. The van der Waals surface area contributed by atoms with Crippen LogP contribution in [0, 0.1) is 5.82 Å². The minimum absolute atomic E-state index is 0.123. The quantitative estimate of drug-likeness (QED) is 0.859. The molecule has 0 aliphatic carbocycles. The van der Waals surface area contributed by atoms with Crippen molar-refractivity contribution in [2.24, 2.45) is 7.05 Å². The molecule has 0 spiro atoms. The monoisotopic (exact) mass is 400 g/mol. The van der Waals surface area contributed by atoms with E-state index in [1.54, 1.807) is 25.4 Å². The van der Waals surface area contributed by atoms with Gasteiger partial charge in [0.1, 0.15) is 10.3 Å². The van der Waals surface area contributed by atoms with Gasteiger partial charge >= 0.3 is 0 Å². The third-order valence-corrected chi connectivity index (χ3v) is 4.95. The highest BCUT2D eigenvalue weighted by atomic mass is 79.9. The molecule has 1 unspecified atom stereocenters. The van der Waals surface area contributed by atoms with Gasteiger partial charge in [0.25, 0.3) is 5.56 Å². The molecule has 0 bridgehead atoms. The van der Waals surface area contributed by atoms with Crippen LogP contribution in [-0.4, -0.2) is 28.9 Å². The molecule has 1 aromatic carbocycles. The van der Waals surface area contributed by atoms with E-state index in [1.165, 1.54) is 10.7 Å². The van der Waals surface area contributed by atoms with Gasteiger partial charge in [-0.05, 0) is 40.5 Å². The summed E-state index contributed by atoms with van der Waals surface area (Å²) in [6.45, 7) is 1.57. The number of aromatic nitrogens is 2. The Morgan fingerprint density at radius 1 is 1.48 bits per heavy atom. The lowest BCUT2D eigenvalue weighted by molar-refractivity contribution is 0.628. The van der Waals surface area contributed by atoms with Crippen LogP contribution in [-0.2, 0) is 7.05 Å². The van der Waals surface area contributed by atoms with Crippen LogP contribution in [0.1, 0.15) is 6.42 Å². The molecule has 23 heavy (non-hydrogen) atoms. The van der Waals surface area contributed by atoms with Crippen molar-refractivity contribution in [1.82, 2.24) is 9.78 Å². The number of hydrogen-bond donors (Lipinski definition) is 1. The van der Waals surface area contributed by atoms with Gasteiger partial charge in [0.15, 0.2) is 0 Å². The first-order valence-electron chi connectivity index (χ1n) is 7.14. The molecule has 2 heterocycles. The smallest absolute Gasteiger partial charge is 0.282 e. The van der Waals surface area contributed by atoms with Crippen LogP contribution in [0.15, 0.2) is 33.7 Å². The molecule has 5 nitrogen and oxygen atoms in total. The summed E-state index contributed by atoms with van der Waals surface area (Å²) in [5.74, 6) is -0.417. The molecular formula is C15H15BrClFN4O. The van der Waals surface area contributed by atoms with Crippen LogP contribution in [0.5, 0.6) is 0 Å². The summed E-state index contributed by atoms with van der Waals surface area (Å²) < 4.78 is 15.0. The third-order valence-electron chi connectivity index (χ3n) is 3.89. The van der Waals surface area contributed by atoms with Crippen LogP contribution in [0.25, 0.3) is 0 Å². The Morgan fingerprint density at radius 2 is 2.26 bits per heavy atom. The normalized spacial score (nSPS) is 17.6. The van der Waals surface area contributed by atoms with E-state index in [1.807, 2.05) is 0 Å². The molecule has 3 rings (SSSR count). The standard InChI is InChI=1S/C15H15BrClFN4O/c1-21-15(23)14(16)13(7-19-21)20-9-4-5-22(8-9)10-2-3-12(18)11(17)6-10/h2-3,6-7,9,20H,4-5,8H2,1H3. The topological polar surface area (TPSA) is 50.2 Å². The largest absolute Gasteiger partial charge is 0.378 e. The van der Waals surface area contributed by atoms with Crippen LogP contribution in [0.3, 0.4) is 0 Å². The predicted molar refractivity (Wildman–Crippen MR) is 92.8 cm³/mol. The zero-order chi connectivity index (χ0) is 16.6. The second kappa shape index (κ2) is 6.49. The summed E-state index contributed by atoms with van der Waals surface area (Å²) in [4.78, 5) is 14.0. The van der Waals surface area contributed by atoms with E-state index < -0.39 is 5.82 Å². The van der Waals surface area contributed by atoms with Gasteiger partial charge in [0.2, 0.25) is 0 Å². The van der Waals surface area contributed by atoms with E-state index in [4.69, 9.17) is 11.6 Å². The highest BCUT2D eigenvalue weighted by Crippen LogP contribution is 2.27. The molecule has 1 aromatic heterocycles. The maximum Gasteiger partial charge on any atom is 0.282 e. The van der Waals surface area contributed by atoms with Crippen molar-refractivity contribution in [2.45, 2.75) is 12.5 Å². The van der Waals surface area contributed by atoms with Crippen LogP contribution < -0.4 is 15.8 Å². The van der Waals surface area contributed by atoms with Gasteiger partial charge in [-0.25, -0.2) is 9.07 Å². The summed E-state index contributed by atoms with van der Waals surface area (Å²) in [7, 11) is 1.60. The lowest BCUT2D eigenvalue weighted by Gasteiger charge is -2.20. The van der Waals surface area contributed by atoms with Crippen molar-refractivity contribution < 1.29 is 4.39 Å².